The fraction of sp³-hybridized carbons (Fsp3) is 0.417. The Morgan fingerprint density at radius 2 is 2.13 bits per heavy atom. The SMILES string of the molecule is C=CC1C(/C=C/C(N)O)NC(C2=CC3c4ccccc4N(CC)C3C=C2)N1CCO. The normalized spacial score (nSPS) is 31.7. The Kier molecular flexibility index (Phi) is 6.22. The van der Waals surface area contributed by atoms with Gasteiger partial charge in [-0.05, 0) is 30.2 Å². The fourth-order valence-corrected chi connectivity index (χ4v) is 5.14. The lowest BCUT2D eigenvalue weighted by molar-refractivity contribution is 0.173. The minimum Gasteiger partial charge on any atom is -0.395 e. The van der Waals surface area contributed by atoms with E-state index < -0.39 is 6.23 Å². The zero-order valence-electron chi connectivity index (χ0n) is 17.4. The molecule has 1 aromatic rings. The zero-order chi connectivity index (χ0) is 21.3. The van der Waals surface area contributed by atoms with Gasteiger partial charge in [-0.2, -0.15) is 0 Å². The van der Waals surface area contributed by atoms with Crippen molar-refractivity contribution in [2.24, 2.45) is 5.73 Å². The van der Waals surface area contributed by atoms with Gasteiger partial charge in [-0.1, -0.05) is 48.6 Å². The summed E-state index contributed by atoms with van der Waals surface area (Å²) in [5.41, 5.74) is 9.35. The maximum atomic E-state index is 9.68. The molecule has 0 aromatic heterocycles. The second kappa shape index (κ2) is 8.88. The van der Waals surface area contributed by atoms with Crippen molar-refractivity contribution in [3.05, 3.63) is 78.4 Å². The van der Waals surface area contributed by atoms with E-state index in [1.807, 2.05) is 12.2 Å². The molecule has 1 aromatic carbocycles. The lowest BCUT2D eigenvalue weighted by Gasteiger charge is -2.32. The first kappa shape index (κ1) is 21.0. The Morgan fingerprint density at radius 1 is 1.33 bits per heavy atom. The highest BCUT2D eigenvalue weighted by Gasteiger charge is 2.42. The van der Waals surface area contributed by atoms with Crippen molar-refractivity contribution in [1.82, 2.24) is 10.2 Å². The highest BCUT2D eigenvalue weighted by atomic mass is 16.3. The number of rotatable bonds is 7. The van der Waals surface area contributed by atoms with Crippen LogP contribution in [0.3, 0.4) is 0 Å². The smallest absolute Gasteiger partial charge is 0.121 e. The highest BCUT2D eigenvalue weighted by Crippen LogP contribution is 2.45. The second-order valence-electron chi connectivity index (χ2n) is 8.05. The average Bonchev–Trinajstić information content (AvgIpc) is 3.27. The van der Waals surface area contributed by atoms with Crippen LogP contribution in [0.15, 0.2) is 72.9 Å². The number of hydrogen-bond donors (Lipinski definition) is 4. The Hall–Kier alpha value is -2.22. The quantitative estimate of drug-likeness (QED) is 0.404. The molecule has 0 bridgehead atoms. The largest absolute Gasteiger partial charge is 0.395 e. The Labute approximate surface area is 178 Å². The van der Waals surface area contributed by atoms with E-state index in [-0.39, 0.29) is 24.9 Å². The number of aliphatic hydroxyl groups is 2. The van der Waals surface area contributed by atoms with E-state index in [4.69, 9.17) is 5.73 Å². The van der Waals surface area contributed by atoms with Crippen LogP contribution in [-0.2, 0) is 0 Å². The molecule has 2 heterocycles. The average molecular weight is 409 g/mol. The Morgan fingerprint density at radius 3 is 2.83 bits per heavy atom. The summed E-state index contributed by atoms with van der Waals surface area (Å²) in [6, 6.07) is 8.93. The first-order valence-electron chi connectivity index (χ1n) is 10.7. The summed E-state index contributed by atoms with van der Waals surface area (Å²) in [6.07, 6.45) is 11.2. The first-order chi connectivity index (χ1) is 14.6. The van der Waals surface area contributed by atoms with Crippen LogP contribution in [0.1, 0.15) is 18.4 Å². The number of nitrogens with zero attached hydrogens (tertiary/aromatic N) is 2. The lowest BCUT2D eigenvalue weighted by atomic mass is 9.87. The summed E-state index contributed by atoms with van der Waals surface area (Å²) in [4.78, 5) is 4.68. The molecule has 160 valence electrons. The topological polar surface area (TPSA) is 85.0 Å². The molecule has 1 fully saturated rings. The van der Waals surface area contributed by atoms with Crippen LogP contribution < -0.4 is 16.0 Å². The number of fused-ring (bicyclic) bond motifs is 3. The van der Waals surface area contributed by atoms with E-state index in [1.54, 1.807) is 6.08 Å². The lowest BCUT2D eigenvalue weighted by Crippen LogP contribution is -2.42. The minimum atomic E-state index is -0.993. The van der Waals surface area contributed by atoms with Crippen LogP contribution in [0.5, 0.6) is 0 Å². The van der Waals surface area contributed by atoms with Gasteiger partial charge >= 0.3 is 0 Å². The van der Waals surface area contributed by atoms with E-state index in [1.165, 1.54) is 16.8 Å². The third-order valence-electron chi connectivity index (χ3n) is 6.40. The first-order valence-corrected chi connectivity index (χ1v) is 10.7. The number of likely N-dealkylation sites (N-methyl/N-ethyl adjacent to an activating group) is 1. The maximum absolute atomic E-state index is 9.68. The molecule has 6 atom stereocenters. The predicted molar refractivity (Wildman–Crippen MR) is 121 cm³/mol. The van der Waals surface area contributed by atoms with Gasteiger partial charge in [-0.25, -0.2) is 0 Å². The van der Waals surface area contributed by atoms with Crippen molar-refractivity contribution in [3.8, 4) is 0 Å². The van der Waals surface area contributed by atoms with Gasteiger partial charge in [0.2, 0.25) is 0 Å². The Bertz CT molecular complexity index is 863. The van der Waals surface area contributed by atoms with Crippen molar-refractivity contribution in [3.63, 3.8) is 0 Å². The van der Waals surface area contributed by atoms with Gasteiger partial charge in [0.25, 0.3) is 0 Å². The monoisotopic (exact) mass is 408 g/mol. The summed E-state index contributed by atoms with van der Waals surface area (Å²) in [5.74, 6) is 0.307. The number of hydrogen-bond acceptors (Lipinski definition) is 6. The van der Waals surface area contributed by atoms with Gasteiger partial charge in [0.1, 0.15) is 6.23 Å². The summed E-state index contributed by atoms with van der Waals surface area (Å²) < 4.78 is 0. The molecule has 0 radical (unpaired) electrons. The summed E-state index contributed by atoms with van der Waals surface area (Å²) in [5, 5.41) is 22.8. The fourth-order valence-electron chi connectivity index (χ4n) is 5.14. The van der Waals surface area contributed by atoms with Crippen molar-refractivity contribution in [1.29, 1.82) is 0 Å². The van der Waals surface area contributed by atoms with Gasteiger partial charge in [0, 0.05) is 36.8 Å². The van der Waals surface area contributed by atoms with Crippen LogP contribution in [0.4, 0.5) is 5.69 Å². The third kappa shape index (κ3) is 3.66. The minimum absolute atomic E-state index is 0.00724. The number of β-amino-alcohol motifs (C(OH)–C–C–N with tert-alkyl or cyclic N) is 1. The van der Waals surface area contributed by atoms with E-state index >= 15 is 0 Å². The van der Waals surface area contributed by atoms with E-state index in [9.17, 15) is 10.2 Å². The summed E-state index contributed by atoms with van der Waals surface area (Å²) in [6.45, 7) is 7.76. The van der Waals surface area contributed by atoms with Crippen molar-refractivity contribution in [2.45, 2.75) is 43.4 Å². The Balaban J connectivity index is 1.66. The number of para-hydroxylation sites is 1. The molecule has 2 aliphatic heterocycles. The molecule has 4 rings (SSSR count). The van der Waals surface area contributed by atoms with Crippen LogP contribution in [0.2, 0.25) is 0 Å². The predicted octanol–water partition coefficient (Wildman–Crippen LogP) is 1.45. The molecule has 6 unspecified atom stereocenters. The van der Waals surface area contributed by atoms with Gasteiger partial charge < -0.3 is 20.8 Å². The number of nitrogens with two attached hydrogens (primary N) is 1. The van der Waals surface area contributed by atoms with E-state index in [0.29, 0.717) is 18.5 Å². The van der Waals surface area contributed by atoms with Gasteiger partial charge in [-0.3, -0.25) is 10.2 Å². The van der Waals surface area contributed by atoms with Gasteiger partial charge in [0.05, 0.1) is 18.8 Å². The van der Waals surface area contributed by atoms with Crippen molar-refractivity contribution in [2.75, 3.05) is 24.6 Å². The van der Waals surface area contributed by atoms with E-state index in [2.05, 4.69) is 71.1 Å². The van der Waals surface area contributed by atoms with Crippen LogP contribution in [0.25, 0.3) is 0 Å². The van der Waals surface area contributed by atoms with E-state index in [0.717, 1.165) is 6.54 Å². The van der Waals surface area contributed by atoms with Crippen LogP contribution >= 0.6 is 0 Å². The molecule has 30 heavy (non-hydrogen) atoms. The molecular formula is C24H32N4O2. The molecular weight excluding hydrogens is 376 g/mol. The molecule has 6 nitrogen and oxygen atoms in total. The van der Waals surface area contributed by atoms with Gasteiger partial charge in [-0.15, -0.1) is 6.58 Å². The number of anilines is 1. The molecule has 0 spiro atoms. The van der Waals surface area contributed by atoms with Crippen molar-refractivity contribution >= 4 is 5.69 Å². The molecule has 0 saturated carbocycles. The number of aliphatic hydroxyl groups excluding tert-OH is 2. The standard InChI is InChI=1S/C24H32N4O2/c1-3-20-19(10-12-23(25)30)26-24(28(20)13-14-29)16-9-11-22-18(15-16)17-7-5-6-8-21(17)27(22)4-2/h3,5-12,15,18-20,22-24,26,29-30H,1,4,13-14,25H2,2H3/b12-10+. The van der Waals surface area contributed by atoms with Gasteiger partial charge in [0.15, 0.2) is 0 Å². The zero-order valence-corrected chi connectivity index (χ0v) is 17.4. The molecule has 3 aliphatic rings. The molecule has 0 amide bonds. The molecule has 6 heteroatoms. The van der Waals surface area contributed by atoms with Crippen LogP contribution in [-0.4, -0.2) is 65.3 Å². The maximum Gasteiger partial charge on any atom is 0.121 e. The summed E-state index contributed by atoms with van der Waals surface area (Å²) >= 11 is 0. The second-order valence-corrected chi connectivity index (χ2v) is 8.05. The van der Waals surface area contributed by atoms with Crippen molar-refractivity contribution < 1.29 is 10.2 Å². The third-order valence-corrected chi connectivity index (χ3v) is 6.40. The van der Waals surface area contributed by atoms with Crippen LogP contribution in [0, 0.1) is 0 Å². The molecule has 1 saturated heterocycles. The summed E-state index contributed by atoms with van der Waals surface area (Å²) in [7, 11) is 0. The molecule has 5 N–H and O–H groups in total. The number of benzene rings is 1. The number of nitrogens with one attached hydrogen (secondary N) is 1. The highest BCUT2D eigenvalue weighted by molar-refractivity contribution is 5.66. The molecule has 1 aliphatic carbocycles.